The molecule has 1 heteroatoms. The standard InChI is InChI=1S/C14H28Ge/c1-5-9-11-13-15(7-3,8-4)14-12-10-6-2/h5-6H,1-2,7-14H2,3-4H3. The van der Waals surface area contributed by atoms with Gasteiger partial charge in [0.15, 0.2) is 0 Å². The van der Waals surface area contributed by atoms with Crippen LogP contribution in [0.4, 0.5) is 0 Å². The minimum atomic E-state index is -1.44. The van der Waals surface area contributed by atoms with E-state index >= 15 is 0 Å². The molecule has 0 atom stereocenters. The number of rotatable bonds is 10. The fourth-order valence-electron chi connectivity index (χ4n) is 2.32. The second-order valence-electron chi connectivity index (χ2n) is 4.57. The molecule has 0 aromatic heterocycles. The zero-order valence-corrected chi connectivity index (χ0v) is 12.8. The third-order valence-corrected chi connectivity index (χ3v) is 16.0. The van der Waals surface area contributed by atoms with Gasteiger partial charge in [0.2, 0.25) is 0 Å². The third-order valence-electron chi connectivity index (χ3n) is 3.73. The van der Waals surface area contributed by atoms with Crippen molar-refractivity contribution < 1.29 is 0 Å². The number of hydrogen-bond acceptors (Lipinski definition) is 0. The summed E-state index contributed by atoms with van der Waals surface area (Å²) in [5, 5.41) is 6.11. The molecule has 0 N–H and O–H groups in total. The maximum absolute atomic E-state index is 3.81. The van der Waals surface area contributed by atoms with E-state index in [1.54, 1.807) is 10.5 Å². The first kappa shape index (κ1) is 15.0. The van der Waals surface area contributed by atoms with Crippen molar-refractivity contribution in [3.63, 3.8) is 0 Å². The van der Waals surface area contributed by atoms with Gasteiger partial charge < -0.3 is 0 Å². The van der Waals surface area contributed by atoms with Crippen LogP contribution in [0, 0.1) is 0 Å². The maximum atomic E-state index is 3.81. The predicted molar refractivity (Wildman–Crippen MR) is 75.2 cm³/mol. The molecule has 0 nitrogen and oxygen atoms in total. The van der Waals surface area contributed by atoms with Crippen LogP contribution in [-0.2, 0) is 0 Å². The van der Waals surface area contributed by atoms with Crippen molar-refractivity contribution in [1.82, 2.24) is 0 Å². The van der Waals surface area contributed by atoms with Crippen LogP contribution in [0.2, 0.25) is 21.0 Å². The summed E-state index contributed by atoms with van der Waals surface area (Å²) >= 11 is -1.44. The Labute approximate surface area is 99.2 Å². The quantitative estimate of drug-likeness (QED) is 0.282. The Hall–Kier alpha value is 0.0229. The van der Waals surface area contributed by atoms with Gasteiger partial charge in [0.25, 0.3) is 0 Å². The van der Waals surface area contributed by atoms with E-state index in [1.165, 1.54) is 36.2 Å². The van der Waals surface area contributed by atoms with Gasteiger partial charge in [-0.3, -0.25) is 0 Å². The second kappa shape index (κ2) is 9.26. The summed E-state index contributed by atoms with van der Waals surface area (Å²) in [7, 11) is 0. The molecule has 0 spiro atoms. The molecule has 0 rings (SSSR count). The van der Waals surface area contributed by atoms with Gasteiger partial charge in [-0.25, -0.2) is 0 Å². The van der Waals surface area contributed by atoms with Crippen LogP contribution in [0.25, 0.3) is 0 Å². The van der Waals surface area contributed by atoms with E-state index < -0.39 is 13.3 Å². The molecule has 0 aliphatic heterocycles. The van der Waals surface area contributed by atoms with Crippen LogP contribution in [-0.4, -0.2) is 13.3 Å². The molecule has 0 amide bonds. The van der Waals surface area contributed by atoms with Gasteiger partial charge in [0.05, 0.1) is 0 Å². The van der Waals surface area contributed by atoms with Crippen molar-refractivity contribution in [3.8, 4) is 0 Å². The van der Waals surface area contributed by atoms with E-state index in [4.69, 9.17) is 0 Å². The summed E-state index contributed by atoms with van der Waals surface area (Å²) in [6.07, 6.45) is 9.35. The minimum absolute atomic E-state index is 1.22. The first-order valence-corrected chi connectivity index (χ1v) is 12.4. The summed E-state index contributed by atoms with van der Waals surface area (Å²) in [5.41, 5.74) is 0. The Morgan fingerprint density at radius 2 is 1.27 bits per heavy atom. The summed E-state index contributed by atoms with van der Waals surface area (Å²) in [5.74, 6) is 0. The fourth-order valence-corrected chi connectivity index (χ4v) is 10.9. The fraction of sp³-hybridized carbons (Fsp3) is 0.714. The monoisotopic (exact) mass is 270 g/mol. The summed E-state index contributed by atoms with van der Waals surface area (Å²) in [6, 6.07) is 0. The molecule has 0 unspecified atom stereocenters. The van der Waals surface area contributed by atoms with Gasteiger partial charge in [-0.15, -0.1) is 0 Å². The van der Waals surface area contributed by atoms with Crippen LogP contribution < -0.4 is 0 Å². The molecule has 0 fully saturated rings. The average molecular weight is 269 g/mol. The van der Waals surface area contributed by atoms with E-state index in [-0.39, 0.29) is 0 Å². The second-order valence-corrected chi connectivity index (χ2v) is 15.9. The molecule has 0 bridgehead atoms. The van der Waals surface area contributed by atoms with E-state index in [1.807, 2.05) is 0 Å². The zero-order valence-electron chi connectivity index (χ0n) is 10.7. The third kappa shape index (κ3) is 6.24. The normalized spacial score (nSPS) is 11.3. The topological polar surface area (TPSA) is 0 Å². The van der Waals surface area contributed by atoms with Crippen LogP contribution in [0.15, 0.2) is 25.3 Å². The Morgan fingerprint density at radius 1 is 0.867 bits per heavy atom. The molecule has 0 aliphatic carbocycles. The molecule has 0 heterocycles. The van der Waals surface area contributed by atoms with Gasteiger partial charge in [0.1, 0.15) is 0 Å². The molecule has 0 radical (unpaired) electrons. The van der Waals surface area contributed by atoms with Gasteiger partial charge in [0, 0.05) is 0 Å². The van der Waals surface area contributed by atoms with Gasteiger partial charge in [-0.05, 0) is 0 Å². The van der Waals surface area contributed by atoms with Crippen molar-refractivity contribution in [1.29, 1.82) is 0 Å². The van der Waals surface area contributed by atoms with Gasteiger partial charge >= 0.3 is 99.1 Å². The molecule has 0 saturated carbocycles. The first-order chi connectivity index (χ1) is 7.24. The zero-order chi connectivity index (χ0) is 11.6. The van der Waals surface area contributed by atoms with Crippen molar-refractivity contribution in [2.24, 2.45) is 0 Å². The van der Waals surface area contributed by atoms with Crippen molar-refractivity contribution in [2.45, 2.75) is 60.5 Å². The van der Waals surface area contributed by atoms with Gasteiger partial charge in [-0.2, -0.15) is 0 Å². The Morgan fingerprint density at radius 3 is 1.53 bits per heavy atom. The van der Waals surface area contributed by atoms with E-state index in [0.29, 0.717) is 0 Å². The van der Waals surface area contributed by atoms with Crippen LogP contribution in [0.3, 0.4) is 0 Å². The van der Waals surface area contributed by atoms with E-state index in [9.17, 15) is 0 Å². The van der Waals surface area contributed by atoms with Crippen LogP contribution >= 0.6 is 0 Å². The Bertz CT molecular complexity index is 152. The van der Waals surface area contributed by atoms with Gasteiger partial charge in [-0.1, -0.05) is 0 Å². The van der Waals surface area contributed by atoms with Crippen LogP contribution in [0.1, 0.15) is 39.5 Å². The number of unbranched alkanes of at least 4 members (excludes halogenated alkanes) is 2. The summed E-state index contributed by atoms with van der Waals surface area (Å²) < 4.78 is 0. The van der Waals surface area contributed by atoms with Crippen molar-refractivity contribution in [2.75, 3.05) is 0 Å². The molecule has 0 aromatic rings. The number of allylic oxidation sites excluding steroid dienone is 2. The SMILES string of the molecule is C=CCC[CH2][Ge]([CH2]C)([CH2]C)[CH2]CCC=C. The molecule has 0 saturated heterocycles. The van der Waals surface area contributed by atoms with Crippen molar-refractivity contribution in [3.05, 3.63) is 25.3 Å². The molecular formula is C14H28Ge. The average Bonchev–Trinajstić information content (AvgIpc) is 2.28. The van der Waals surface area contributed by atoms with Crippen molar-refractivity contribution >= 4 is 13.3 Å². The molecule has 88 valence electrons. The molecule has 0 aromatic carbocycles. The Balaban J connectivity index is 4.03. The first-order valence-electron chi connectivity index (χ1n) is 6.46. The summed E-state index contributed by atoms with van der Waals surface area (Å²) in [6.45, 7) is 12.5. The van der Waals surface area contributed by atoms with Crippen LogP contribution in [0.5, 0.6) is 0 Å². The van der Waals surface area contributed by atoms with E-state index in [2.05, 4.69) is 39.2 Å². The number of hydrogen-bond donors (Lipinski definition) is 0. The predicted octanol–water partition coefficient (Wildman–Crippen LogP) is 5.41. The summed E-state index contributed by atoms with van der Waals surface area (Å²) in [4.78, 5) is 0. The molecule has 15 heavy (non-hydrogen) atoms. The molecule has 0 aliphatic rings. The molecular weight excluding hydrogens is 241 g/mol. The Kier molecular flexibility index (Phi) is 9.28. The van der Waals surface area contributed by atoms with E-state index in [0.717, 1.165) is 0 Å².